The van der Waals surface area contributed by atoms with Crippen molar-refractivity contribution in [2.45, 2.75) is 32.9 Å². The molecule has 0 spiro atoms. The molecule has 208 valence electrons. The smallest absolute Gasteiger partial charge is 0.267 e. The minimum Gasteiger partial charge on any atom is -0.394 e. The van der Waals surface area contributed by atoms with E-state index in [1.54, 1.807) is 32.4 Å². The summed E-state index contributed by atoms with van der Waals surface area (Å²) in [5, 5.41) is 2.90. The van der Waals surface area contributed by atoms with Gasteiger partial charge >= 0.3 is 0 Å². The van der Waals surface area contributed by atoms with Crippen molar-refractivity contribution >= 4 is 23.3 Å². The fraction of sp³-hybridized carbons (Fsp3) is 0.310. The Hall–Kier alpha value is -4.80. The third-order valence-electron chi connectivity index (χ3n) is 6.38. The number of carbonyl (C=O) groups excluding carboxylic acids is 2. The zero-order valence-electron chi connectivity index (χ0n) is 23.1. The lowest BCUT2D eigenvalue weighted by atomic mass is 9.99. The molecule has 0 bridgehead atoms. The van der Waals surface area contributed by atoms with Gasteiger partial charge in [-0.3, -0.25) is 19.4 Å². The van der Waals surface area contributed by atoms with Gasteiger partial charge in [-0.25, -0.2) is 9.97 Å². The van der Waals surface area contributed by atoms with Crippen LogP contribution in [0.25, 0.3) is 11.4 Å². The molecule has 3 heterocycles. The van der Waals surface area contributed by atoms with Crippen molar-refractivity contribution in [3.63, 3.8) is 0 Å². The molecule has 4 rings (SSSR count). The summed E-state index contributed by atoms with van der Waals surface area (Å²) in [6, 6.07) is 12.3. The van der Waals surface area contributed by atoms with Gasteiger partial charge in [0.2, 0.25) is 0 Å². The van der Waals surface area contributed by atoms with E-state index in [0.29, 0.717) is 42.3 Å². The first-order valence-corrected chi connectivity index (χ1v) is 13.0. The summed E-state index contributed by atoms with van der Waals surface area (Å²) in [5.41, 5.74) is 9.93. The zero-order chi connectivity index (χ0) is 28.8. The second-order valence-electron chi connectivity index (χ2n) is 10.0. The minimum atomic E-state index is -0.383. The lowest BCUT2D eigenvalue weighted by Crippen LogP contribution is -2.40. The second kappa shape index (κ2) is 12.4. The molecule has 1 saturated heterocycles. The summed E-state index contributed by atoms with van der Waals surface area (Å²) in [6.07, 6.45) is 3.63. The Morgan fingerprint density at radius 1 is 1.12 bits per heavy atom. The van der Waals surface area contributed by atoms with Crippen molar-refractivity contribution in [3.05, 3.63) is 87.6 Å². The predicted molar refractivity (Wildman–Crippen MR) is 155 cm³/mol. The molecule has 0 aliphatic carbocycles. The molecule has 4 N–H and O–H groups in total. The number of hydrogen-bond donors (Lipinski definition) is 3. The number of aliphatic imine (C=N–C) groups is 1. The molecule has 2 aromatic heterocycles. The number of rotatable bonds is 7. The highest BCUT2D eigenvalue weighted by atomic mass is 16.2. The van der Waals surface area contributed by atoms with Crippen LogP contribution in [0.5, 0.6) is 0 Å². The standard InChI is InChI=1S/C29H34N8O3/c1-18(2)34-23-12-14-37(24-10-9-21(16-32-24)29(40)36(3)4)17-22(23)26(30)28(39)33-15-19-5-7-20(8-6-19)27-31-13-11-25(38)35-27/h5-11,13,16,18H,12,14-15,17,30H2,1-4H3,(H,33,39)(H,31,35,38)/b26-22-,34-23?. The molecule has 1 aliphatic heterocycles. The van der Waals surface area contributed by atoms with Gasteiger partial charge < -0.3 is 25.8 Å². The average Bonchev–Trinajstić information content (AvgIpc) is 2.95. The number of benzene rings is 1. The van der Waals surface area contributed by atoms with Crippen molar-refractivity contribution in [2.75, 3.05) is 32.1 Å². The van der Waals surface area contributed by atoms with Crippen LogP contribution >= 0.6 is 0 Å². The lowest BCUT2D eigenvalue weighted by molar-refractivity contribution is -0.117. The Balaban J connectivity index is 1.49. The monoisotopic (exact) mass is 542 g/mol. The molecule has 0 radical (unpaired) electrons. The molecule has 11 nitrogen and oxygen atoms in total. The molecule has 0 unspecified atom stereocenters. The molecule has 0 atom stereocenters. The average molecular weight is 543 g/mol. The zero-order valence-corrected chi connectivity index (χ0v) is 23.1. The van der Waals surface area contributed by atoms with E-state index in [0.717, 1.165) is 16.8 Å². The normalized spacial score (nSPS) is 15.7. The summed E-state index contributed by atoms with van der Waals surface area (Å²) in [6.45, 7) is 5.27. The van der Waals surface area contributed by atoms with Gasteiger partial charge in [0.1, 0.15) is 17.3 Å². The van der Waals surface area contributed by atoms with E-state index in [-0.39, 0.29) is 35.7 Å². The molecule has 11 heteroatoms. The van der Waals surface area contributed by atoms with Crippen LogP contribution in [0.3, 0.4) is 0 Å². The van der Waals surface area contributed by atoms with E-state index >= 15 is 0 Å². The largest absolute Gasteiger partial charge is 0.394 e. The minimum absolute atomic E-state index is 0.0504. The predicted octanol–water partition coefficient (Wildman–Crippen LogP) is 2.12. The maximum atomic E-state index is 13.1. The molecule has 40 heavy (non-hydrogen) atoms. The summed E-state index contributed by atoms with van der Waals surface area (Å²) >= 11 is 0. The molecule has 1 aliphatic rings. The number of nitrogens with one attached hydrogen (secondary N) is 2. The van der Waals surface area contributed by atoms with E-state index < -0.39 is 0 Å². The van der Waals surface area contributed by atoms with Gasteiger partial charge in [-0.05, 0) is 31.5 Å². The number of nitrogens with two attached hydrogens (primary N) is 1. The number of nitrogens with zero attached hydrogens (tertiary/aromatic N) is 5. The van der Waals surface area contributed by atoms with Gasteiger partial charge in [0, 0.05) is 81.5 Å². The number of hydrogen-bond acceptors (Lipinski definition) is 8. The Labute approximate surface area is 232 Å². The molecule has 3 aromatic rings. The molecule has 1 fully saturated rings. The number of amides is 2. The van der Waals surface area contributed by atoms with Crippen LogP contribution in [0.2, 0.25) is 0 Å². The number of aromatic nitrogens is 3. The number of pyridine rings is 1. The van der Waals surface area contributed by atoms with Gasteiger partial charge in [0.05, 0.1) is 5.56 Å². The van der Waals surface area contributed by atoms with E-state index in [4.69, 9.17) is 10.7 Å². The van der Waals surface area contributed by atoms with Crippen molar-refractivity contribution in [3.8, 4) is 11.4 Å². The topological polar surface area (TPSA) is 150 Å². The van der Waals surface area contributed by atoms with Crippen LogP contribution in [0.1, 0.15) is 36.2 Å². The fourth-order valence-electron chi connectivity index (χ4n) is 4.31. The Morgan fingerprint density at radius 2 is 1.88 bits per heavy atom. The first kappa shape index (κ1) is 28.2. The van der Waals surface area contributed by atoms with Gasteiger partial charge in [0.15, 0.2) is 0 Å². The Morgan fingerprint density at radius 3 is 2.50 bits per heavy atom. The third kappa shape index (κ3) is 6.79. The van der Waals surface area contributed by atoms with Gasteiger partial charge in [-0.15, -0.1) is 0 Å². The number of carbonyl (C=O) groups is 2. The van der Waals surface area contributed by atoms with Crippen LogP contribution < -0.4 is 21.5 Å². The first-order chi connectivity index (χ1) is 19.1. The van der Waals surface area contributed by atoms with Crippen molar-refractivity contribution in [1.29, 1.82) is 0 Å². The molecular weight excluding hydrogens is 508 g/mol. The van der Waals surface area contributed by atoms with Crippen LogP contribution in [0, 0.1) is 0 Å². The van der Waals surface area contributed by atoms with Gasteiger partial charge in [-0.1, -0.05) is 24.3 Å². The van der Waals surface area contributed by atoms with E-state index in [1.165, 1.54) is 17.2 Å². The first-order valence-electron chi connectivity index (χ1n) is 13.0. The Kier molecular flexibility index (Phi) is 8.73. The second-order valence-corrected chi connectivity index (χ2v) is 10.0. The quantitative estimate of drug-likeness (QED) is 0.387. The summed E-state index contributed by atoms with van der Waals surface area (Å²) in [5.74, 6) is 0.668. The van der Waals surface area contributed by atoms with Crippen molar-refractivity contribution in [1.82, 2.24) is 25.2 Å². The van der Waals surface area contributed by atoms with Gasteiger partial charge in [0.25, 0.3) is 17.4 Å². The van der Waals surface area contributed by atoms with E-state index in [1.807, 2.05) is 43.0 Å². The summed E-state index contributed by atoms with van der Waals surface area (Å²) in [4.78, 5) is 56.5. The van der Waals surface area contributed by atoms with Crippen molar-refractivity contribution < 1.29 is 9.59 Å². The lowest BCUT2D eigenvalue weighted by Gasteiger charge is -2.32. The van der Waals surface area contributed by atoms with Crippen LogP contribution in [0.4, 0.5) is 5.82 Å². The van der Waals surface area contributed by atoms with Crippen LogP contribution in [0.15, 0.2) is 75.9 Å². The number of piperidine rings is 1. The highest BCUT2D eigenvalue weighted by molar-refractivity contribution is 6.09. The maximum Gasteiger partial charge on any atom is 0.267 e. The molecule has 1 aromatic carbocycles. The Bertz CT molecular complexity index is 1490. The van der Waals surface area contributed by atoms with Crippen molar-refractivity contribution in [2.24, 2.45) is 10.7 Å². The van der Waals surface area contributed by atoms with Crippen LogP contribution in [-0.2, 0) is 11.3 Å². The van der Waals surface area contributed by atoms with E-state index in [9.17, 15) is 14.4 Å². The van der Waals surface area contributed by atoms with E-state index in [2.05, 4.69) is 20.3 Å². The number of aromatic amines is 1. The fourth-order valence-corrected chi connectivity index (χ4v) is 4.31. The highest BCUT2D eigenvalue weighted by Crippen LogP contribution is 2.22. The third-order valence-corrected chi connectivity index (χ3v) is 6.38. The molecule has 0 saturated carbocycles. The number of H-pyrrole nitrogens is 1. The summed E-state index contributed by atoms with van der Waals surface area (Å²) < 4.78 is 0. The molecule has 2 amide bonds. The SMILES string of the molecule is CC(C)N=C1CCN(c2ccc(C(=O)N(C)C)cn2)C/C1=C(/N)C(=O)NCc1ccc(-c2nccc(=O)[nH]2)cc1. The highest BCUT2D eigenvalue weighted by Gasteiger charge is 2.26. The van der Waals surface area contributed by atoms with Gasteiger partial charge in [-0.2, -0.15) is 0 Å². The number of anilines is 1. The maximum absolute atomic E-state index is 13.1. The van der Waals surface area contributed by atoms with Crippen LogP contribution in [-0.4, -0.2) is 70.6 Å². The molecular formula is C29H34N8O3. The summed E-state index contributed by atoms with van der Waals surface area (Å²) in [7, 11) is 3.39.